The maximum absolute atomic E-state index is 12.0. The highest BCUT2D eigenvalue weighted by Gasteiger charge is 2.18. The quantitative estimate of drug-likeness (QED) is 0.794. The monoisotopic (exact) mass is 327 g/mol. The van der Waals surface area contributed by atoms with Crippen LogP contribution in [0.1, 0.15) is 17.5 Å². The molecule has 0 aliphatic heterocycles. The molecule has 2 aromatic rings. The van der Waals surface area contributed by atoms with E-state index in [4.69, 9.17) is 9.47 Å². The van der Waals surface area contributed by atoms with E-state index in [1.54, 1.807) is 0 Å². The second-order valence-electron chi connectivity index (χ2n) is 5.37. The Morgan fingerprint density at radius 1 is 0.958 bits per heavy atom. The zero-order valence-electron chi connectivity index (χ0n) is 13.6. The molecule has 2 rings (SSSR count). The maximum atomic E-state index is 12.0. The zero-order valence-corrected chi connectivity index (χ0v) is 13.6. The van der Waals surface area contributed by atoms with Crippen molar-refractivity contribution >= 4 is 12.1 Å². The van der Waals surface area contributed by atoms with Gasteiger partial charge in [-0.15, -0.1) is 0 Å². The first kappa shape index (κ1) is 17.5. The molecular weight excluding hydrogens is 306 g/mol. The molecule has 2 aromatic carbocycles. The number of amides is 1. The van der Waals surface area contributed by atoms with E-state index in [0.717, 1.165) is 11.1 Å². The number of methoxy groups -OCH3 is 1. The van der Waals surface area contributed by atoms with Crippen molar-refractivity contribution in [2.24, 2.45) is 0 Å². The molecule has 0 fully saturated rings. The SMILES string of the molecule is COC(=O)CC(Cc1ccccc1)NC(=O)OCc1ccccc1. The van der Waals surface area contributed by atoms with Gasteiger partial charge in [0.1, 0.15) is 6.61 Å². The van der Waals surface area contributed by atoms with E-state index in [-0.39, 0.29) is 25.0 Å². The lowest BCUT2D eigenvalue weighted by molar-refractivity contribution is -0.141. The first-order valence-corrected chi connectivity index (χ1v) is 7.75. The number of hydrogen-bond donors (Lipinski definition) is 1. The summed E-state index contributed by atoms with van der Waals surface area (Å²) in [4.78, 5) is 23.6. The van der Waals surface area contributed by atoms with Gasteiger partial charge in [0.25, 0.3) is 0 Å². The molecule has 5 nitrogen and oxygen atoms in total. The van der Waals surface area contributed by atoms with Gasteiger partial charge in [-0.3, -0.25) is 4.79 Å². The molecule has 0 radical (unpaired) electrons. The van der Waals surface area contributed by atoms with Gasteiger partial charge < -0.3 is 14.8 Å². The molecule has 0 spiro atoms. The molecule has 0 bridgehead atoms. The van der Waals surface area contributed by atoms with Crippen LogP contribution in [0.2, 0.25) is 0 Å². The van der Waals surface area contributed by atoms with Crippen LogP contribution in [0.4, 0.5) is 4.79 Å². The van der Waals surface area contributed by atoms with Crippen LogP contribution in [0.3, 0.4) is 0 Å². The summed E-state index contributed by atoms with van der Waals surface area (Å²) in [5.41, 5.74) is 1.93. The van der Waals surface area contributed by atoms with Crippen molar-refractivity contribution in [3.8, 4) is 0 Å². The lowest BCUT2D eigenvalue weighted by Crippen LogP contribution is -2.38. The Morgan fingerprint density at radius 2 is 1.54 bits per heavy atom. The third kappa shape index (κ3) is 6.12. The van der Waals surface area contributed by atoms with E-state index < -0.39 is 6.09 Å². The highest BCUT2D eigenvalue weighted by atomic mass is 16.5. The van der Waals surface area contributed by atoms with Crippen LogP contribution in [-0.2, 0) is 27.3 Å². The smallest absolute Gasteiger partial charge is 0.407 e. The van der Waals surface area contributed by atoms with Crippen molar-refractivity contribution in [3.05, 3.63) is 71.8 Å². The van der Waals surface area contributed by atoms with Crippen molar-refractivity contribution in [3.63, 3.8) is 0 Å². The number of ether oxygens (including phenoxy) is 2. The first-order valence-electron chi connectivity index (χ1n) is 7.75. The Hall–Kier alpha value is -2.82. The minimum Gasteiger partial charge on any atom is -0.469 e. The predicted molar refractivity (Wildman–Crippen MR) is 90.3 cm³/mol. The molecule has 1 unspecified atom stereocenters. The number of hydrogen-bond acceptors (Lipinski definition) is 4. The molecule has 5 heteroatoms. The predicted octanol–water partition coefficient (Wildman–Crippen LogP) is 3.09. The molecule has 0 aromatic heterocycles. The standard InChI is InChI=1S/C19H21NO4/c1-23-18(21)13-17(12-15-8-4-2-5-9-15)20-19(22)24-14-16-10-6-3-7-11-16/h2-11,17H,12-14H2,1H3,(H,20,22). The van der Waals surface area contributed by atoms with Gasteiger partial charge in [-0.25, -0.2) is 4.79 Å². The fourth-order valence-electron chi connectivity index (χ4n) is 2.29. The van der Waals surface area contributed by atoms with E-state index in [1.807, 2.05) is 60.7 Å². The molecule has 0 heterocycles. The molecule has 126 valence electrons. The summed E-state index contributed by atoms with van der Waals surface area (Å²) in [6, 6.07) is 18.7. The summed E-state index contributed by atoms with van der Waals surface area (Å²) in [6.07, 6.45) is 0.0612. The third-order valence-corrected chi connectivity index (χ3v) is 3.50. The topological polar surface area (TPSA) is 64.6 Å². The van der Waals surface area contributed by atoms with E-state index in [9.17, 15) is 9.59 Å². The molecule has 0 aliphatic rings. The van der Waals surface area contributed by atoms with Crippen LogP contribution >= 0.6 is 0 Å². The highest BCUT2D eigenvalue weighted by molar-refractivity contribution is 5.72. The normalized spacial score (nSPS) is 11.4. The number of carbonyl (C=O) groups excluding carboxylic acids is 2. The van der Waals surface area contributed by atoms with Crippen LogP contribution in [0.25, 0.3) is 0 Å². The Kier molecular flexibility index (Phi) is 6.83. The van der Waals surface area contributed by atoms with Crippen LogP contribution in [-0.4, -0.2) is 25.2 Å². The first-order chi connectivity index (χ1) is 11.7. The summed E-state index contributed by atoms with van der Waals surface area (Å²) >= 11 is 0. The van der Waals surface area contributed by atoms with Gasteiger partial charge in [0.2, 0.25) is 0 Å². The molecular formula is C19H21NO4. The van der Waals surface area contributed by atoms with Gasteiger partial charge in [0.05, 0.1) is 13.5 Å². The Morgan fingerprint density at radius 3 is 2.12 bits per heavy atom. The fraction of sp³-hybridized carbons (Fsp3) is 0.263. The lowest BCUT2D eigenvalue weighted by Gasteiger charge is -2.17. The van der Waals surface area contributed by atoms with Gasteiger partial charge in [0, 0.05) is 6.04 Å². The number of benzene rings is 2. The summed E-state index contributed by atoms with van der Waals surface area (Å²) in [5, 5.41) is 2.74. The van der Waals surface area contributed by atoms with E-state index >= 15 is 0 Å². The number of rotatable bonds is 7. The zero-order chi connectivity index (χ0) is 17.2. The van der Waals surface area contributed by atoms with Gasteiger partial charge in [-0.2, -0.15) is 0 Å². The Balaban J connectivity index is 1.91. The average molecular weight is 327 g/mol. The van der Waals surface area contributed by atoms with Crippen molar-refractivity contribution in [2.45, 2.75) is 25.5 Å². The van der Waals surface area contributed by atoms with Crippen molar-refractivity contribution in [1.82, 2.24) is 5.32 Å². The van der Waals surface area contributed by atoms with Crippen LogP contribution in [0.5, 0.6) is 0 Å². The van der Waals surface area contributed by atoms with Crippen LogP contribution in [0, 0.1) is 0 Å². The Bertz CT molecular complexity index is 643. The van der Waals surface area contributed by atoms with E-state index in [2.05, 4.69) is 5.32 Å². The molecule has 0 saturated carbocycles. The second-order valence-corrected chi connectivity index (χ2v) is 5.37. The van der Waals surface area contributed by atoms with Crippen molar-refractivity contribution in [1.29, 1.82) is 0 Å². The number of nitrogens with one attached hydrogen (secondary N) is 1. The number of carbonyl (C=O) groups is 2. The molecule has 24 heavy (non-hydrogen) atoms. The summed E-state index contributed by atoms with van der Waals surface area (Å²) in [5.74, 6) is -0.376. The summed E-state index contributed by atoms with van der Waals surface area (Å²) in [7, 11) is 1.33. The largest absolute Gasteiger partial charge is 0.469 e. The highest BCUT2D eigenvalue weighted by Crippen LogP contribution is 2.08. The van der Waals surface area contributed by atoms with Gasteiger partial charge >= 0.3 is 12.1 Å². The maximum Gasteiger partial charge on any atom is 0.407 e. The fourth-order valence-corrected chi connectivity index (χ4v) is 2.29. The second kappa shape index (κ2) is 9.35. The minimum atomic E-state index is -0.552. The average Bonchev–Trinajstić information content (AvgIpc) is 2.61. The molecule has 0 aliphatic carbocycles. The molecule has 0 saturated heterocycles. The summed E-state index contributed by atoms with van der Waals surface area (Å²) < 4.78 is 9.91. The third-order valence-electron chi connectivity index (χ3n) is 3.50. The van der Waals surface area contributed by atoms with Gasteiger partial charge in [0.15, 0.2) is 0 Å². The van der Waals surface area contributed by atoms with Crippen molar-refractivity contribution < 1.29 is 19.1 Å². The van der Waals surface area contributed by atoms with Crippen molar-refractivity contribution in [2.75, 3.05) is 7.11 Å². The number of alkyl carbamates (subject to hydrolysis) is 1. The summed E-state index contributed by atoms with van der Waals surface area (Å²) in [6.45, 7) is 0.183. The van der Waals surface area contributed by atoms with Gasteiger partial charge in [-0.1, -0.05) is 60.7 Å². The molecule has 1 amide bonds. The van der Waals surface area contributed by atoms with E-state index in [1.165, 1.54) is 7.11 Å². The van der Waals surface area contributed by atoms with E-state index in [0.29, 0.717) is 6.42 Å². The number of esters is 1. The van der Waals surface area contributed by atoms with Gasteiger partial charge in [-0.05, 0) is 17.5 Å². The Labute approximate surface area is 141 Å². The molecule has 1 N–H and O–H groups in total. The van der Waals surface area contributed by atoms with Crippen LogP contribution in [0.15, 0.2) is 60.7 Å². The minimum absolute atomic E-state index is 0.0891. The lowest BCUT2D eigenvalue weighted by atomic mass is 10.0. The van der Waals surface area contributed by atoms with Crippen LogP contribution < -0.4 is 5.32 Å². The molecule has 1 atom stereocenters.